The molecule has 1 saturated carbocycles. The molecular formula is C14H22N2O4. The number of rotatable bonds is 7. The number of carboxylic acids is 1. The van der Waals surface area contributed by atoms with Gasteiger partial charge in [-0.1, -0.05) is 12.2 Å². The predicted octanol–water partition coefficient (Wildman–Crippen LogP) is 1.26. The Morgan fingerprint density at radius 1 is 1.35 bits per heavy atom. The van der Waals surface area contributed by atoms with Gasteiger partial charge >= 0.3 is 12.1 Å². The fourth-order valence-electron chi connectivity index (χ4n) is 2.85. The molecule has 0 aromatic rings. The van der Waals surface area contributed by atoms with Gasteiger partial charge in [-0.3, -0.25) is 4.79 Å². The Hall–Kier alpha value is -1.56. The van der Waals surface area contributed by atoms with E-state index in [1.807, 2.05) is 0 Å². The van der Waals surface area contributed by atoms with Crippen molar-refractivity contribution in [3.63, 3.8) is 0 Å². The van der Waals surface area contributed by atoms with Crippen LogP contribution in [-0.4, -0.2) is 35.9 Å². The van der Waals surface area contributed by atoms with Gasteiger partial charge in [-0.25, -0.2) is 4.79 Å². The zero-order chi connectivity index (χ0) is 14.5. The quantitative estimate of drug-likeness (QED) is 0.482. The minimum absolute atomic E-state index is 0.0189. The van der Waals surface area contributed by atoms with E-state index < -0.39 is 12.0 Å². The standard InChI is InChI=1S/C14H22N2O4/c15-11(13(17)18)3-1-2-6-16-14(19)20-12-8-9-4-5-10(12)7-9/h4-5,9-12H,1-3,6-8,15H2,(H,16,19)(H,17,18). The molecule has 4 unspecified atom stereocenters. The molecule has 0 saturated heterocycles. The molecule has 0 aromatic carbocycles. The number of nitrogens with one attached hydrogen (secondary N) is 1. The number of hydrogen-bond donors (Lipinski definition) is 3. The minimum Gasteiger partial charge on any atom is -0.480 e. The minimum atomic E-state index is -0.985. The maximum Gasteiger partial charge on any atom is 0.407 e. The van der Waals surface area contributed by atoms with Crippen molar-refractivity contribution in [1.29, 1.82) is 0 Å². The van der Waals surface area contributed by atoms with Crippen LogP contribution in [0.15, 0.2) is 12.2 Å². The molecule has 4 atom stereocenters. The Bertz CT molecular complexity index is 397. The molecule has 112 valence electrons. The van der Waals surface area contributed by atoms with E-state index in [4.69, 9.17) is 15.6 Å². The summed E-state index contributed by atoms with van der Waals surface area (Å²) in [6, 6.07) is -0.817. The number of hydrogen-bond acceptors (Lipinski definition) is 4. The van der Waals surface area contributed by atoms with E-state index in [0.717, 1.165) is 12.8 Å². The van der Waals surface area contributed by atoms with Gasteiger partial charge in [0.15, 0.2) is 0 Å². The maximum absolute atomic E-state index is 11.6. The predicted molar refractivity (Wildman–Crippen MR) is 73.1 cm³/mol. The first-order valence-corrected chi connectivity index (χ1v) is 7.17. The smallest absolute Gasteiger partial charge is 0.407 e. The van der Waals surface area contributed by atoms with E-state index in [0.29, 0.717) is 37.6 Å². The van der Waals surface area contributed by atoms with Crippen LogP contribution in [0.3, 0.4) is 0 Å². The van der Waals surface area contributed by atoms with Crippen LogP contribution >= 0.6 is 0 Å². The zero-order valence-corrected chi connectivity index (χ0v) is 11.5. The molecule has 1 fully saturated rings. The van der Waals surface area contributed by atoms with E-state index in [9.17, 15) is 9.59 Å². The first-order valence-electron chi connectivity index (χ1n) is 7.17. The third-order valence-corrected chi connectivity index (χ3v) is 4.00. The van der Waals surface area contributed by atoms with Crippen molar-refractivity contribution in [3.05, 3.63) is 12.2 Å². The van der Waals surface area contributed by atoms with Crippen LogP contribution in [0.4, 0.5) is 4.79 Å². The Morgan fingerprint density at radius 2 is 2.15 bits per heavy atom. The number of unbranched alkanes of at least 4 members (excludes halogenated alkanes) is 1. The van der Waals surface area contributed by atoms with Gasteiger partial charge in [0.25, 0.3) is 0 Å². The van der Waals surface area contributed by atoms with Crippen LogP contribution in [0.25, 0.3) is 0 Å². The molecule has 4 N–H and O–H groups in total. The van der Waals surface area contributed by atoms with Gasteiger partial charge < -0.3 is 20.9 Å². The molecule has 0 heterocycles. The van der Waals surface area contributed by atoms with E-state index >= 15 is 0 Å². The molecular weight excluding hydrogens is 260 g/mol. The number of allylic oxidation sites excluding steroid dienone is 1. The number of carboxylic acid groups (broad SMARTS) is 1. The Morgan fingerprint density at radius 3 is 2.75 bits per heavy atom. The van der Waals surface area contributed by atoms with Gasteiger partial charge in [-0.15, -0.1) is 0 Å². The van der Waals surface area contributed by atoms with Crippen LogP contribution < -0.4 is 11.1 Å². The van der Waals surface area contributed by atoms with Crippen LogP contribution in [0.5, 0.6) is 0 Å². The summed E-state index contributed by atoms with van der Waals surface area (Å²) in [6.07, 6.45) is 7.81. The second kappa shape index (κ2) is 6.74. The summed E-state index contributed by atoms with van der Waals surface area (Å²) in [5, 5.41) is 11.3. The van der Waals surface area contributed by atoms with E-state index in [1.165, 1.54) is 0 Å². The van der Waals surface area contributed by atoms with E-state index in [-0.39, 0.29) is 12.2 Å². The second-order valence-electron chi connectivity index (χ2n) is 5.59. The lowest BCUT2D eigenvalue weighted by Gasteiger charge is -2.19. The summed E-state index contributed by atoms with van der Waals surface area (Å²) in [5.41, 5.74) is 5.38. The van der Waals surface area contributed by atoms with Gasteiger partial charge in [0.1, 0.15) is 12.1 Å². The van der Waals surface area contributed by atoms with Crippen molar-refractivity contribution in [1.82, 2.24) is 5.32 Å². The van der Waals surface area contributed by atoms with Crippen LogP contribution in [0.2, 0.25) is 0 Å². The molecule has 2 bridgehead atoms. The zero-order valence-electron chi connectivity index (χ0n) is 11.5. The summed E-state index contributed by atoms with van der Waals surface area (Å²) < 4.78 is 5.39. The van der Waals surface area contributed by atoms with Crippen LogP contribution in [0, 0.1) is 11.8 Å². The fraction of sp³-hybridized carbons (Fsp3) is 0.714. The number of amides is 1. The molecule has 2 aliphatic carbocycles. The molecule has 0 aliphatic heterocycles. The van der Waals surface area contributed by atoms with Gasteiger partial charge in [0.05, 0.1) is 0 Å². The normalized spacial score (nSPS) is 28.4. The maximum atomic E-state index is 11.6. The lowest BCUT2D eigenvalue weighted by molar-refractivity contribution is -0.138. The third-order valence-electron chi connectivity index (χ3n) is 4.00. The largest absolute Gasteiger partial charge is 0.480 e. The Labute approximate surface area is 118 Å². The van der Waals surface area contributed by atoms with E-state index in [2.05, 4.69) is 17.5 Å². The van der Waals surface area contributed by atoms with Crippen LogP contribution in [0.1, 0.15) is 32.1 Å². The van der Waals surface area contributed by atoms with Gasteiger partial charge in [0.2, 0.25) is 0 Å². The molecule has 0 radical (unpaired) electrons. The molecule has 0 spiro atoms. The van der Waals surface area contributed by atoms with Crippen molar-refractivity contribution in [2.45, 2.75) is 44.2 Å². The highest BCUT2D eigenvalue weighted by atomic mass is 16.6. The second-order valence-corrected chi connectivity index (χ2v) is 5.59. The molecule has 6 nitrogen and oxygen atoms in total. The third kappa shape index (κ3) is 3.96. The van der Waals surface area contributed by atoms with E-state index in [1.54, 1.807) is 0 Å². The number of nitrogens with two attached hydrogens (primary N) is 1. The Kier molecular flexibility index (Phi) is 5.00. The number of aliphatic carboxylic acids is 1. The lowest BCUT2D eigenvalue weighted by atomic mass is 10.1. The number of alkyl carbamates (subject to hydrolysis) is 1. The van der Waals surface area contributed by atoms with Crippen molar-refractivity contribution in [2.75, 3.05) is 6.54 Å². The molecule has 2 aliphatic rings. The number of carbonyl (C=O) groups excluding carboxylic acids is 1. The van der Waals surface area contributed by atoms with Crippen molar-refractivity contribution in [2.24, 2.45) is 17.6 Å². The summed E-state index contributed by atoms with van der Waals surface area (Å²) >= 11 is 0. The fourth-order valence-corrected chi connectivity index (χ4v) is 2.85. The van der Waals surface area contributed by atoms with Crippen molar-refractivity contribution in [3.8, 4) is 0 Å². The summed E-state index contributed by atoms with van der Waals surface area (Å²) in [6.45, 7) is 0.488. The first kappa shape index (κ1) is 14.8. The van der Waals surface area contributed by atoms with Crippen LogP contribution in [-0.2, 0) is 9.53 Å². The summed E-state index contributed by atoms with van der Waals surface area (Å²) in [7, 11) is 0. The Balaban J connectivity index is 1.53. The highest BCUT2D eigenvalue weighted by molar-refractivity contribution is 5.72. The SMILES string of the molecule is NC(CCCCNC(=O)OC1CC2C=CC1C2)C(=O)O. The molecule has 6 heteroatoms. The average Bonchev–Trinajstić information content (AvgIpc) is 3.00. The number of carbonyl (C=O) groups is 2. The van der Waals surface area contributed by atoms with Gasteiger partial charge in [-0.2, -0.15) is 0 Å². The molecule has 0 aromatic heterocycles. The monoisotopic (exact) mass is 282 g/mol. The molecule has 20 heavy (non-hydrogen) atoms. The summed E-state index contributed by atoms with van der Waals surface area (Å²) in [4.78, 5) is 22.1. The van der Waals surface area contributed by atoms with Crippen molar-refractivity contribution < 1.29 is 19.4 Å². The van der Waals surface area contributed by atoms with Gasteiger partial charge in [0, 0.05) is 12.5 Å². The topological polar surface area (TPSA) is 102 Å². The highest BCUT2D eigenvalue weighted by Crippen LogP contribution is 2.40. The van der Waals surface area contributed by atoms with Crippen molar-refractivity contribution >= 4 is 12.1 Å². The summed E-state index contributed by atoms with van der Waals surface area (Å²) in [5.74, 6) is -0.0173. The molecule has 1 amide bonds. The average molecular weight is 282 g/mol. The first-order chi connectivity index (χ1) is 9.56. The number of ether oxygens (including phenoxy) is 1. The van der Waals surface area contributed by atoms with Gasteiger partial charge in [-0.05, 0) is 38.0 Å². The highest BCUT2D eigenvalue weighted by Gasteiger charge is 2.37. The lowest BCUT2D eigenvalue weighted by Crippen LogP contribution is -2.32. The number of fused-ring (bicyclic) bond motifs is 2. The molecule has 2 rings (SSSR count).